The summed E-state index contributed by atoms with van der Waals surface area (Å²) in [6, 6.07) is 43.2. The van der Waals surface area contributed by atoms with Crippen molar-refractivity contribution in [1.29, 1.82) is 15.8 Å². The molecule has 0 aromatic heterocycles. The number of rotatable bonds is 30. The summed E-state index contributed by atoms with van der Waals surface area (Å²) in [6.07, 6.45) is 12.8. The fraction of sp³-hybridized carbons (Fsp3) is 0.441. The molecule has 123 heavy (non-hydrogen) atoms. The van der Waals surface area contributed by atoms with E-state index in [1.165, 1.54) is 80.3 Å². The van der Waals surface area contributed by atoms with Crippen LogP contribution < -0.4 is 21.7 Å². The number of amides is 9. The molecule has 4 saturated heterocycles. The predicted octanol–water partition coefficient (Wildman–Crippen LogP) is 9.25. The molecular weight excluding hydrogens is 1580 g/mol. The summed E-state index contributed by atoms with van der Waals surface area (Å²) >= 11 is 0. The first-order chi connectivity index (χ1) is 59.1. The summed E-state index contributed by atoms with van der Waals surface area (Å²) in [4.78, 5) is 120. The second-order valence-corrected chi connectivity index (χ2v) is 31.9. The summed E-state index contributed by atoms with van der Waals surface area (Å²) in [6.45, 7) is 14.7. The highest BCUT2D eigenvalue weighted by Crippen LogP contribution is 2.46. The number of nitriles is 3. The molecule has 0 radical (unpaired) electrons. The van der Waals surface area contributed by atoms with Crippen LogP contribution in [0.4, 0.5) is 18.0 Å². The fourth-order valence-electron chi connectivity index (χ4n) is 15.5. The average molecular weight is 1690 g/mol. The summed E-state index contributed by atoms with van der Waals surface area (Å²) in [5.74, 6) is -2.35. The first-order valence-corrected chi connectivity index (χ1v) is 41.9. The second-order valence-electron chi connectivity index (χ2n) is 31.9. The Morgan fingerprint density at radius 2 is 0.821 bits per heavy atom. The molecule has 27 nitrogen and oxygen atoms in total. The van der Waals surface area contributed by atoms with E-state index in [4.69, 9.17) is 26.6 Å². The lowest BCUT2D eigenvalue weighted by atomic mass is 10.0. The molecule has 3 aliphatic carbocycles. The van der Waals surface area contributed by atoms with E-state index >= 15 is 0 Å². The zero-order valence-corrected chi connectivity index (χ0v) is 69.6. The number of aromatic carboxylic acids is 1. The molecule has 30 heteroatoms. The van der Waals surface area contributed by atoms with E-state index in [0.717, 1.165) is 66.2 Å². The molecule has 0 spiro atoms. The monoisotopic (exact) mass is 1690 g/mol. The lowest BCUT2D eigenvalue weighted by Gasteiger charge is -2.33. The third kappa shape index (κ3) is 28.9. The molecule has 0 unspecified atom stereocenters. The van der Waals surface area contributed by atoms with Crippen molar-refractivity contribution in [2.45, 2.75) is 175 Å². The molecule has 7 aliphatic rings. The molecule has 4 aliphatic heterocycles. The molecule has 6 aromatic carbocycles. The van der Waals surface area contributed by atoms with Crippen molar-refractivity contribution in [3.8, 4) is 18.2 Å². The number of benzene rings is 6. The standard InChI is InChI=1S/C30H35FN4O3.C27H31FN4O3.C22H32FN3O2.C8H5NO2.C6H8N2O3/c1-2-15-34(28-19-26(28)22-9-11-24(31)12-10-22)16-3-4-27(30(38)35-17-13-25(36)14-18-35)33-29(37)23-7-5-21(20-32)6-8-23;28-21-9-7-19(8-10-21)23-16-25(23)30-13-1-2-24(27(35)32-14-11-22(33)12-15-32)31-26(34)20-5-3-18(17-29)4-6-20;1-2-11-25(21-15-19(21)16-5-7-17(23)8-6-16)12-3-4-20(24)22(28)26-13-9-18(27)10-14-26;9-5-6-1-3-7(4-2-6)8(10)11;1-7-4(9)3-5(10)8(2)6(7)11/h2,5-12,25-28,36H,1,3-4,13-19H2,(H,33,37);3-10,22-25,30,33H,1-2,11-16H2,(H,31,34);2,5-8,18-21,27H,1,3-4,9-15,24H2;1-4H,(H,10,11);3H2,1-2H3/t26-,27-,28+;23-,24-,25+;19-,20-,21+;;/m000../s1. The number of aliphatic hydroxyl groups excluding tert-OH is 3. The van der Waals surface area contributed by atoms with Crippen molar-refractivity contribution in [3.05, 3.63) is 238 Å². The smallest absolute Gasteiger partial charge is 0.335 e. The van der Waals surface area contributed by atoms with E-state index in [2.05, 4.69) is 38.9 Å². The van der Waals surface area contributed by atoms with Crippen LogP contribution in [0.1, 0.15) is 185 Å². The number of nitrogens with zero attached hydrogens (tertiary/aromatic N) is 10. The number of carbonyl (C=O) groups excluding carboxylic acids is 8. The minimum absolute atomic E-state index is 0.00205. The Morgan fingerprint density at radius 3 is 1.17 bits per heavy atom. The van der Waals surface area contributed by atoms with Crippen molar-refractivity contribution < 1.29 is 76.7 Å². The van der Waals surface area contributed by atoms with Crippen LogP contribution in [0, 0.1) is 51.4 Å². The maximum Gasteiger partial charge on any atom is 0.335 e. The number of nitrogens with one attached hydrogen (secondary N) is 3. The van der Waals surface area contributed by atoms with Gasteiger partial charge in [-0.2, -0.15) is 15.8 Å². The van der Waals surface area contributed by atoms with E-state index < -0.39 is 48.0 Å². The van der Waals surface area contributed by atoms with Gasteiger partial charge in [0.25, 0.3) is 11.8 Å². The van der Waals surface area contributed by atoms with Crippen LogP contribution in [-0.4, -0.2) is 249 Å². The van der Waals surface area contributed by atoms with Gasteiger partial charge in [0, 0.05) is 113 Å². The number of halogens is 3. The minimum Gasteiger partial charge on any atom is -0.478 e. The van der Waals surface area contributed by atoms with Crippen LogP contribution in [0.25, 0.3) is 0 Å². The molecule has 7 fully saturated rings. The number of imide groups is 2. The normalized spacial score (nSPS) is 20.0. The van der Waals surface area contributed by atoms with E-state index in [9.17, 15) is 71.6 Å². The fourth-order valence-corrected chi connectivity index (χ4v) is 15.5. The molecule has 13 rings (SSSR count). The Bertz CT molecular complexity index is 4680. The number of carboxylic acids is 1. The van der Waals surface area contributed by atoms with Gasteiger partial charge in [0.1, 0.15) is 36.0 Å². The van der Waals surface area contributed by atoms with Crippen molar-refractivity contribution >= 4 is 53.4 Å². The van der Waals surface area contributed by atoms with Gasteiger partial charge >= 0.3 is 12.0 Å². The van der Waals surface area contributed by atoms with Gasteiger partial charge < -0.3 is 56.8 Å². The third-order valence-electron chi connectivity index (χ3n) is 23.1. The van der Waals surface area contributed by atoms with Crippen LogP contribution in [0.15, 0.2) is 171 Å². The van der Waals surface area contributed by atoms with E-state index in [1.54, 1.807) is 63.2 Å². The summed E-state index contributed by atoms with van der Waals surface area (Å²) in [5, 5.41) is 73.3. The maximum absolute atomic E-state index is 13.4. The molecule has 3 saturated carbocycles. The van der Waals surface area contributed by atoms with E-state index in [1.807, 2.05) is 66.8 Å². The van der Waals surface area contributed by atoms with Crippen LogP contribution in [-0.2, 0) is 24.0 Å². The lowest BCUT2D eigenvalue weighted by molar-refractivity contribution is -0.141. The predicted molar refractivity (Wildman–Crippen MR) is 454 cm³/mol. The Kier molecular flexibility index (Phi) is 36.3. The first-order valence-electron chi connectivity index (χ1n) is 41.9. The molecule has 4 heterocycles. The van der Waals surface area contributed by atoms with Gasteiger partial charge in [0.05, 0.1) is 64.8 Å². The molecule has 9 amide bonds. The van der Waals surface area contributed by atoms with Gasteiger partial charge in [-0.1, -0.05) is 48.6 Å². The third-order valence-corrected chi connectivity index (χ3v) is 23.1. The van der Waals surface area contributed by atoms with Gasteiger partial charge in [-0.25, -0.2) is 22.8 Å². The van der Waals surface area contributed by atoms with Crippen LogP contribution >= 0.6 is 0 Å². The molecule has 6 aromatic rings. The van der Waals surface area contributed by atoms with Gasteiger partial charge in [0.15, 0.2) is 0 Å². The molecule has 0 bridgehead atoms. The van der Waals surface area contributed by atoms with Crippen molar-refractivity contribution in [1.82, 2.24) is 50.2 Å². The number of hydrogen-bond donors (Lipinski definition) is 8. The Morgan fingerprint density at radius 1 is 0.488 bits per heavy atom. The average Bonchev–Trinajstić information content (AvgIpc) is 1.71. The molecular formula is C93H111F3N14O13. The van der Waals surface area contributed by atoms with Gasteiger partial charge in [-0.3, -0.25) is 53.2 Å². The molecule has 652 valence electrons. The number of carbonyl (C=O) groups is 9. The first kappa shape index (κ1) is 95.1. The van der Waals surface area contributed by atoms with Crippen molar-refractivity contribution in [2.24, 2.45) is 5.73 Å². The number of likely N-dealkylation sites (tertiary alicyclic amines) is 3. The lowest BCUT2D eigenvalue weighted by Crippen LogP contribution is -2.51. The Labute approximate surface area is 716 Å². The van der Waals surface area contributed by atoms with Gasteiger partial charge in [-0.15, -0.1) is 13.2 Å². The van der Waals surface area contributed by atoms with Crippen LogP contribution in [0.2, 0.25) is 0 Å². The number of piperidine rings is 3. The summed E-state index contributed by atoms with van der Waals surface area (Å²) in [7, 11) is 2.71. The van der Waals surface area contributed by atoms with Crippen molar-refractivity contribution in [3.63, 3.8) is 0 Å². The zero-order chi connectivity index (χ0) is 88.8. The number of aliphatic hydroxyl groups is 3. The van der Waals surface area contributed by atoms with Gasteiger partial charge in [0.2, 0.25) is 29.5 Å². The Balaban J connectivity index is 0.000000187. The van der Waals surface area contributed by atoms with Gasteiger partial charge in [-0.05, 0) is 242 Å². The van der Waals surface area contributed by atoms with E-state index in [-0.39, 0.29) is 71.2 Å². The highest BCUT2D eigenvalue weighted by Gasteiger charge is 2.44. The number of barbiturate groups is 1. The minimum atomic E-state index is -0.977. The maximum atomic E-state index is 13.4. The summed E-state index contributed by atoms with van der Waals surface area (Å²) < 4.78 is 39.6. The Hall–Kier alpha value is -11.8. The topological polar surface area (TPSA) is 391 Å². The largest absolute Gasteiger partial charge is 0.478 e. The van der Waals surface area contributed by atoms with E-state index in [0.29, 0.717) is 187 Å². The highest BCUT2D eigenvalue weighted by atomic mass is 19.1. The number of carboxylic acid groups (broad SMARTS) is 1. The summed E-state index contributed by atoms with van der Waals surface area (Å²) in [5.41, 5.74) is 11.9. The number of urea groups is 1. The number of nitrogens with two attached hydrogens (primary N) is 1. The molecule has 9 N–H and O–H groups in total. The van der Waals surface area contributed by atoms with Crippen LogP contribution in [0.5, 0.6) is 0 Å². The quantitative estimate of drug-likeness (QED) is 0.0118. The van der Waals surface area contributed by atoms with Crippen LogP contribution in [0.3, 0.4) is 0 Å². The SMILES string of the molecule is C=CCN(CCC[C@H](N)C(=O)N1CCC(O)CC1)[C@@H]1C[C@H]1c1ccc(F)cc1.C=CCN(CCC[C@H](NC(=O)c1ccc(C#N)cc1)C(=O)N1CCC(O)CC1)[C@@H]1C[C@H]1c1ccc(F)cc1.CN1C(=O)CC(=O)N(C)C1=O.N#Cc1ccc(C(=O)N[C@@H](CCCN[C@@H]2C[C@H]2c2ccc(F)cc2)C(=O)N2CCC(O)CC2)cc1.N#Cc1ccc(C(=O)O)cc1. The molecule has 9 atom stereocenters. The number of hydrogen-bond acceptors (Lipinski definition) is 19. The zero-order valence-electron chi connectivity index (χ0n) is 69.6. The second kappa shape index (κ2) is 47.0. The highest BCUT2D eigenvalue weighted by molar-refractivity contribution is 6.13. The van der Waals surface area contributed by atoms with Crippen molar-refractivity contribution in [2.75, 3.05) is 86.1 Å².